The maximum Gasteiger partial charge on any atom is 0.346 e. The van der Waals surface area contributed by atoms with Gasteiger partial charge in [0.15, 0.2) is 6.23 Å². The van der Waals surface area contributed by atoms with Crippen LogP contribution in [0.4, 0.5) is 5.82 Å². The van der Waals surface area contributed by atoms with E-state index in [2.05, 4.69) is 31.2 Å². The van der Waals surface area contributed by atoms with Crippen molar-refractivity contribution in [1.82, 2.24) is 9.97 Å². The van der Waals surface area contributed by atoms with E-state index in [-0.39, 0.29) is 5.82 Å². The van der Waals surface area contributed by atoms with Gasteiger partial charge in [0.1, 0.15) is 24.1 Å². The van der Waals surface area contributed by atoms with Gasteiger partial charge in [0.05, 0.1) is 11.1 Å². The van der Waals surface area contributed by atoms with Gasteiger partial charge < -0.3 is 30.4 Å². The van der Waals surface area contributed by atoms with Crippen LogP contribution in [-0.4, -0.2) is 56.4 Å². The normalized spacial score (nSPS) is 31.6. The zero-order chi connectivity index (χ0) is 13.3. The van der Waals surface area contributed by atoms with E-state index in [4.69, 9.17) is 9.84 Å². The van der Waals surface area contributed by atoms with Crippen LogP contribution in [0.5, 0.6) is 0 Å². The molecule has 2 heterocycles. The fourth-order valence-corrected chi connectivity index (χ4v) is 1.95. The van der Waals surface area contributed by atoms with Gasteiger partial charge in [0.25, 0.3) is 0 Å². The first kappa shape index (κ1) is 13.4. The zero-order valence-electron chi connectivity index (χ0n) is 9.08. The van der Waals surface area contributed by atoms with Gasteiger partial charge in [-0.3, -0.25) is 0 Å². The molecule has 0 aromatic carbocycles. The van der Waals surface area contributed by atoms with Crippen molar-refractivity contribution in [3.8, 4) is 0 Å². The molecule has 9 heteroatoms. The number of aromatic amines is 1. The van der Waals surface area contributed by atoms with Crippen LogP contribution in [0.3, 0.4) is 0 Å². The van der Waals surface area contributed by atoms with Crippen molar-refractivity contribution in [3.63, 3.8) is 0 Å². The highest BCUT2D eigenvalue weighted by atomic mass is 79.9. The number of nitrogens with zero attached hydrogens (tertiary/aromatic N) is 1. The Hall–Kier alpha value is -1.00. The molecule has 0 saturated carbocycles. The number of aliphatic hydroxyl groups is 3. The molecule has 1 aliphatic rings. The maximum atomic E-state index is 11.1. The van der Waals surface area contributed by atoms with Crippen LogP contribution >= 0.6 is 15.9 Å². The molecule has 1 fully saturated rings. The molecule has 0 spiro atoms. The van der Waals surface area contributed by atoms with Gasteiger partial charge in [0.2, 0.25) is 0 Å². The van der Waals surface area contributed by atoms with Crippen molar-refractivity contribution in [2.75, 3.05) is 11.9 Å². The van der Waals surface area contributed by atoms with E-state index in [1.165, 1.54) is 6.20 Å². The second kappa shape index (κ2) is 5.33. The lowest BCUT2D eigenvalue weighted by Crippen LogP contribution is -2.37. The molecule has 1 aromatic rings. The van der Waals surface area contributed by atoms with Crippen molar-refractivity contribution >= 4 is 21.7 Å². The highest BCUT2D eigenvalue weighted by Crippen LogP contribution is 2.24. The number of nitrogens with one attached hydrogen (secondary N) is 2. The number of aromatic nitrogens is 2. The Labute approximate surface area is 110 Å². The topological polar surface area (TPSA) is 128 Å². The summed E-state index contributed by atoms with van der Waals surface area (Å²) in [5.41, 5.74) is -0.563. The summed E-state index contributed by atoms with van der Waals surface area (Å²) in [4.78, 5) is 17.1. The van der Waals surface area contributed by atoms with Crippen LogP contribution in [0.2, 0.25) is 0 Å². The average molecular weight is 322 g/mol. The van der Waals surface area contributed by atoms with Gasteiger partial charge >= 0.3 is 5.69 Å². The summed E-state index contributed by atoms with van der Waals surface area (Å²) in [5.74, 6) is 0.175. The molecule has 0 radical (unpaired) electrons. The Balaban J connectivity index is 2.15. The summed E-state index contributed by atoms with van der Waals surface area (Å²) in [6.45, 7) is -0.416. The number of halogens is 1. The molecule has 5 N–H and O–H groups in total. The highest BCUT2D eigenvalue weighted by Gasteiger charge is 2.42. The maximum absolute atomic E-state index is 11.1. The van der Waals surface area contributed by atoms with E-state index in [1.807, 2.05) is 0 Å². The minimum Gasteiger partial charge on any atom is -0.394 e. The molecule has 1 saturated heterocycles. The highest BCUT2D eigenvalue weighted by molar-refractivity contribution is 9.10. The van der Waals surface area contributed by atoms with Gasteiger partial charge in [-0.1, -0.05) is 0 Å². The Morgan fingerprint density at radius 2 is 2.22 bits per heavy atom. The summed E-state index contributed by atoms with van der Waals surface area (Å²) >= 11 is 3.16. The lowest BCUT2D eigenvalue weighted by Gasteiger charge is -2.17. The molecule has 8 nitrogen and oxygen atoms in total. The standard InChI is InChI=1S/C9H12BrN3O5/c10-3-1-11-9(17)13-7(3)12-8-6(16)5(15)4(2-14)18-8/h1,4-6,8,14-16H,2H2,(H2,11,12,13,17)/t4-,5-,6+,8?/m1/s1. The number of ether oxygens (including phenoxy) is 1. The summed E-state index contributed by atoms with van der Waals surface area (Å²) in [5, 5.41) is 30.9. The van der Waals surface area contributed by atoms with Crippen LogP contribution in [0.25, 0.3) is 0 Å². The Bertz CT molecular complexity index is 482. The summed E-state index contributed by atoms with van der Waals surface area (Å²) < 4.78 is 5.67. The van der Waals surface area contributed by atoms with E-state index < -0.39 is 36.8 Å². The minimum absolute atomic E-state index is 0.175. The van der Waals surface area contributed by atoms with Gasteiger partial charge in [-0.2, -0.15) is 4.98 Å². The smallest absolute Gasteiger partial charge is 0.346 e. The number of hydrogen-bond acceptors (Lipinski definition) is 7. The Morgan fingerprint density at radius 3 is 2.83 bits per heavy atom. The fraction of sp³-hybridized carbons (Fsp3) is 0.556. The molecule has 100 valence electrons. The number of anilines is 1. The molecule has 18 heavy (non-hydrogen) atoms. The monoisotopic (exact) mass is 321 g/mol. The first-order chi connectivity index (χ1) is 8.52. The molecule has 0 aliphatic carbocycles. The van der Waals surface area contributed by atoms with Crippen LogP contribution < -0.4 is 11.0 Å². The summed E-state index contributed by atoms with van der Waals surface area (Å²) in [6.07, 6.45) is -2.87. The van der Waals surface area contributed by atoms with Crippen molar-refractivity contribution < 1.29 is 20.1 Å². The van der Waals surface area contributed by atoms with Crippen LogP contribution in [0.15, 0.2) is 15.5 Å². The van der Waals surface area contributed by atoms with E-state index in [0.717, 1.165) is 0 Å². The first-order valence-corrected chi connectivity index (χ1v) is 5.96. The number of aliphatic hydroxyl groups excluding tert-OH is 3. The van der Waals surface area contributed by atoms with Crippen molar-refractivity contribution in [1.29, 1.82) is 0 Å². The van der Waals surface area contributed by atoms with E-state index in [1.54, 1.807) is 0 Å². The number of rotatable bonds is 3. The van der Waals surface area contributed by atoms with Gasteiger partial charge in [-0.15, -0.1) is 0 Å². The lowest BCUT2D eigenvalue weighted by atomic mass is 10.1. The molecule has 0 bridgehead atoms. The van der Waals surface area contributed by atoms with Crippen molar-refractivity contribution in [2.24, 2.45) is 0 Å². The van der Waals surface area contributed by atoms with Gasteiger partial charge in [0, 0.05) is 6.20 Å². The van der Waals surface area contributed by atoms with E-state index >= 15 is 0 Å². The lowest BCUT2D eigenvalue weighted by molar-refractivity contribution is -0.0154. The Kier molecular flexibility index (Phi) is 3.97. The summed E-state index contributed by atoms with van der Waals surface area (Å²) in [7, 11) is 0. The predicted molar refractivity (Wildman–Crippen MR) is 63.9 cm³/mol. The van der Waals surface area contributed by atoms with E-state index in [0.29, 0.717) is 4.47 Å². The zero-order valence-corrected chi connectivity index (χ0v) is 10.7. The second-order valence-corrected chi connectivity index (χ2v) is 4.66. The molecular weight excluding hydrogens is 310 g/mol. The third kappa shape index (κ3) is 2.54. The van der Waals surface area contributed by atoms with E-state index in [9.17, 15) is 15.0 Å². The van der Waals surface area contributed by atoms with Crippen LogP contribution in [0, 0.1) is 0 Å². The summed E-state index contributed by atoms with van der Waals surface area (Å²) in [6, 6.07) is 0. The fourth-order valence-electron chi connectivity index (χ4n) is 1.64. The minimum atomic E-state index is -1.23. The molecule has 2 rings (SSSR count). The molecule has 4 atom stereocenters. The Morgan fingerprint density at radius 1 is 1.50 bits per heavy atom. The molecule has 0 amide bonds. The largest absolute Gasteiger partial charge is 0.394 e. The predicted octanol–water partition coefficient (Wildman–Crippen LogP) is -1.62. The second-order valence-electron chi connectivity index (χ2n) is 3.81. The van der Waals surface area contributed by atoms with Crippen molar-refractivity contribution in [2.45, 2.75) is 24.5 Å². The molecule has 1 aromatic heterocycles. The third-order valence-corrected chi connectivity index (χ3v) is 3.19. The average Bonchev–Trinajstić information content (AvgIpc) is 2.62. The third-order valence-electron chi connectivity index (χ3n) is 2.58. The molecule has 1 aliphatic heterocycles. The van der Waals surface area contributed by atoms with Gasteiger partial charge in [-0.05, 0) is 15.9 Å². The quantitative estimate of drug-likeness (QED) is 0.453. The van der Waals surface area contributed by atoms with Gasteiger partial charge in [-0.25, -0.2) is 4.79 Å². The van der Waals surface area contributed by atoms with Crippen molar-refractivity contribution in [3.05, 3.63) is 21.2 Å². The van der Waals surface area contributed by atoms with Crippen LogP contribution in [-0.2, 0) is 4.74 Å². The number of H-pyrrole nitrogens is 1. The number of hydrogen-bond donors (Lipinski definition) is 5. The SMILES string of the molecule is O=c1nc(NC2O[C@H](CO)[C@@H](O)[C@@H]2O)c(Br)c[nH]1. The molecule has 1 unspecified atom stereocenters. The molecular formula is C9H12BrN3O5. The van der Waals surface area contributed by atoms with Crippen LogP contribution in [0.1, 0.15) is 0 Å². The first-order valence-electron chi connectivity index (χ1n) is 5.17.